The van der Waals surface area contributed by atoms with Gasteiger partial charge < -0.3 is 15.4 Å². The maximum atomic E-state index is 12.1. The Bertz CT molecular complexity index is 601. The number of hydrogen-bond acceptors (Lipinski definition) is 5. The number of hydrogen-bond donors (Lipinski definition) is 1. The van der Waals surface area contributed by atoms with Crippen LogP contribution in [0.4, 0.5) is 5.69 Å². The Hall–Kier alpha value is -1.76. The number of benzene rings is 1. The number of nitrogens with zero attached hydrogens (tertiary/aromatic N) is 1. The minimum absolute atomic E-state index is 0.0469. The molecule has 21 heavy (non-hydrogen) atoms. The van der Waals surface area contributed by atoms with Crippen molar-refractivity contribution in [3.8, 4) is 5.75 Å². The van der Waals surface area contributed by atoms with E-state index < -0.39 is 9.84 Å². The van der Waals surface area contributed by atoms with Crippen LogP contribution in [-0.4, -0.2) is 50.4 Å². The minimum Gasteiger partial charge on any atom is -0.491 e. The van der Waals surface area contributed by atoms with Crippen LogP contribution in [0.2, 0.25) is 0 Å². The zero-order valence-electron chi connectivity index (χ0n) is 11.8. The summed E-state index contributed by atoms with van der Waals surface area (Å²) in [6.45, 7) is 0.997. The molecule has 1 aliphatic rings. The predicted molar refractivity (Wildman–Crippen MR) is 80.8 cm³/mol. The summed E-state index contributed by atoms with van der Waals surface area (Å²) in [5.74, 6) is 0.685. The van der Waals surface area contributed by atoms with Crippen LogP contribution in [0.15, 0.2) is 24.3 Å². The third-order valence-electron chi connectivity index (χ3n) is 3.40. The van der Waals surface area contributed by atoms with Crippen LogP contribution in [0, 0.1) is 0 Å². The van der Waals surface area contributed by atoms with Gasteiger partial charge in [0.15, 0.2) is 9.84 Å². The van der Waals surface area contributed by atoms with Crippen LogP contribution in [0.5, 0.6) is 5.75 Å². The lowest BCUT2D eigenvalue weighted by Crippen LogP contribution is -2.34. The molecular weight excluding hydrogens is 292 g/mol. The van der Waals surface area contributed by atoms with E-state index in [1.54, 1.807) is 17.0 Å². The van der Waals surface area contributed by atoms with Crippen molar-refractivity contribution in [2.45, 2.75) is 12.8 Å². The molecule has 0 radical (unpaired) electrons. The van der Waals surface area contributed by atoms with Gasteiger partial charge in [0.25, 0.3) is 0 Å². The smallest absolute Gasteiger partial charge is 0.226 e. The molecular formula is C14H20N2O4S. The molecule has 1 aromatic carbocycles. The Morgan fingerprint density at radius 2 is 2.00 bits per heavy atom. The first kappa shape index (κ1) is 15.6. The van der Waals surface area contributed by atoms with Crippen LogP contribution in [0.25, 0.3) is 0 Å². The quantitative estimate of drug-likeness (QED) is 0.826. The van der Waals surface area contributed by atoms with Gasteiger partial charge in [-0.25, -0.2) is 8.42 Å². The van der Waals surface area contributed by atoms with Crippen molar-refractivity contribution in [2.24, 2.45) is 0 Å². The van der Waals surface area contributed by atoms with Gasteiger partial charge in [-0.05, 0) is 18.6 Å². The second kappa shape index (κ2) is 6.80. The first-order chi connectivity index (χ1) is 9.98. The molecule has 2 N–H and O–H groups in total. The lowest BCUT2D eigenvalue weighted by Gasteiger charge is -2.19. The Morgan fingerprint density at radius 3 is 2.76 bits per heavy atom. The molecule has 0 aromatic heterocycles. The van der Waals surface area contributed by atoms with Crippen molar-refractivity contribution >= 4 is 21.4 Å². The average molecular weight is 312 g/mol. The van der Waals surface area contributed by atoms with E-state index in [0.29, 0.717) is 24.4 Å². The Kier molecular flexibility index (Phi) is 5.06. The fourth-order valence-electron chi connectivity index (χ4n) is 2.21. The summed E-state index contributed by atoms with van der Waals surface area (Å²) in [6, 6.07) is 7.10. The van der Waals surface area contributed by atoms with E-state index in [1.807, 2.05) is 12.1 Å². The zero-order valence-corrected chi connectivity index (χ0v) is 12.6. The van der Waals surface area contributed by atoms with E-state index >= 15 is 0 Å². The molecule has 1 heterocycles. The van der Waals surface area contributed by atoms with Crippen molar-refractivity contribution in [3.05, 3.63) is 24.3 Å². The largest absolute Gasteiger partial charge is 0.491 e. The fourth-order valence-corrected chi connectivity index (χ4v) is 3.48. The molecule has 116 valence electrons. The maximum Gasteiger partial charge on any atom is 0.226 e. The minimum atomic E-state index is -3.00. The lowest BCUT2D eigenvalue weighted by atomic mass is 10.3. The van der Waals surface area contributed by atoms with E-state index in [9.17, 15) is 13.2 Å². The van der Waals surface area contributed by atoms with Crippen LogP contribution >= 0.6 is 0 Å². The summed E-state index contributed by atoms with van der Waals surface area (Å²) in [5.41, 5.74) is 6.28. The summed E-state index contributed by atoms with van der Waals surface area (Å²) in [6.07, 6.45) is 0.717. The highest BCUT2D eigenvalue weighted by Gasteiger charge is 2.22. The normalized spacial score (nSPS) is 18.0. The zero-order chi connectivity index (χ0) is 15.3. The number of ether oxygens (including phenoxy) is 1. The maximum absolute atomic E-state index is 12.1. The van der Waals surface area contributed by atoms with Crippen molar-refractivity contribution in [1.82, 2.24) is 4.90 Å². The predicted octanol–water partition coefficient (Wildman–Crippen LogP) is 0.685. The van der Waals surface area contributed by atoms with Gasteiger partial charge in [-0.1, -0.05) is 12.1 Å². The number of rotatable bonds is 4. The highest BCUT2D eigenvalue weighted by atomic mass is 32.2. The van der Waals surface area contributed by atoms with Gasteiger partial charge in [0.05, 0.1) is 30.2 Å². The first-order valence-electron chi connectivity index (χ1n) is 6.93. The summed E-state index contributed by atoms with van der Waals surface area (Å²) < 4.78 is 28.5. The number of para-hydroxylation sites is 2. The molecule has 1 fully saturated rings. The monoisotopic (exact) mass is 312 g/mol. The number of anilines is 1. The van der Waals surface area contributed by atoms with Gasteiger partial charge in [-0.15, -0.1) is 0 Å². The van der Waals surface area contributed by atoms with Crippen molar-refractivity contribution < 1.29 is 17.9 Å². The van der Waals surface area contributed by atoms with Crippen LogP contribution < -0.4 is 10.5 Å². The molecule has 0 saturated carbocycles. The molecule has 7 heteroatoms. The average Bonchev–Trinajstić information content (AvgIpc) is 2.62. The number of carbonyl (C=O) groups excluding carboxylic acids is 1. The SMILES string of the molecule is Nc1ccccc1OCCC(=O)N1CCCS(=O)(=O)CC1. The third-order valence-corrected chi connectivity index (χ3v) is 5.12. The number of carbonyl (C=O) groups is 1. The van der Waals surface area contributed by atoms with Crippen LogP contribution in [0.3, 0.4) is 0 Å². The number of nitrogen functional groups attached to an aromatic ring is 1. The number of amides is 1. The molecule has 1 amide bonds. The summed E-state index contributed by atoms with van der Waals surface area (Å²) in [5, 5.41) is 0. The second-order valence-corrected chi connectivity index (χ2v) is 7.33. The summed E-state index contributed by atoms with van der Waals surface area (Å²) in [4.78, 5) is 13.7. The highest BCUT2D eigenvalue weighted by Crippen LogP contribution is 2.19. The van der Waals surface area contributed by atoms with Gasteiger partial charge in [0, 0.05) is 13.1 Å². The van der Waals surface area contributed by atoms with Crippen LogP contribution in [0.1, 0.15) is 12.8 Å². The van der Waals surface area contributed by atoms with Crippen molar-refractivity contribution in [2.75, 3.05) is 36.9 Å². The Labute approximate surface area is 124 Å². The van der Waals surface area contributed by atoms with Gasteiger partial charge >= 0.3 is 0 Å². The van der Waals surface area contributed by atoms with E-state index in [1.165, 1.54) is 0 Å². The number of sulfone groups is 1. The van der Waals surface area contributed by atoms with E-state index in [4.69, 9.17) is 10.5 Å². The molecule has 1 aromatic rings. The molecule has 1 saturated heterocycles. The van der Waals surface area contributed by atoms with E-state index in [2.05, 4.69) is 0 Å². The second-order valence-electron chi connectivity index (χ2n) is 5.02. The molecule has 6 nitrogen and oxygen atoms in total. The standard InChI is InChI=1S/C14H20N2O4S/c15-12-4-1-2-5-13(12)20-9-6-14(17)16-7-3-10-21(18,19)11-8-16/h1-2,4-5H,3,6-11,15H2. The first-order valence-corrected chi connectivity index (χ1v) is 8.75. The topological polar surface area (TPSA) is 89.7 Å². The van der Waals surface area contributed by atoms with Gasteiger partial charge in [-0.3, -0.25) is 4.79 Å². The van der Waals surface area contributed by atoms with Crippen molar-refractivity contribution in [3.63, 3.8) is 0 Å². The third kappa shape index (κ3) is 4.63. The van der Waals surface area contributed by atoms with E-state index in [-0.39, 0.29) is 37.0 Å². The fraction of sp³-hybridized carbons (Fsp3) is 0.500. The molecule has 1 aliphatic heterocycles. The Morgan fingerprint density at radius 1 is 1.24 bits per heavy atom. The summed E-state index contributed by atoms with van der Waals surface area (Å²) >= 11 is 0. The Balaban J connectivity index is 1.81. The molecule has 0 bridgehead atoms. The molecule has 0 unspecified atom stereocenters. The van der Waals surface area contributed by atoms with E-state index in [0.717, 1.165) is 0 Å². The molecule has 2 rings (SSSR count). The lowest BCUT2D eigenvalue weighted by molar-refractivity contribution is -0.131. The summed E-state index contributed by atoms with van der Waals surface area (Å²) in [7, 11) is -3.00. The molecule has 0 spiro atoms. The van der Waals surface area contributed by atoms with Crippen LogP contribution in [-0.2, 0) is 14.6 Å². The van der Waals surface area contributed by atoms with Gasteiger partial charge in [-0.2, -0.15) is 0 Å². The molecule has 0 aliphatic carbocycles. The highest BCUT2D eigenvalue weighted by molar-refractivity contribution is 7.91. The number of nitrogens with two attached hydrogens (primary N) is 1. The van der Waals surface area contributed by atoms with Gasteiger partial charge in [0.1, 0.15) is 5.75 Å². The van der Waals surface area contributed by atoms with Gasteiger partial charge in [0.2, 0.25) is 5.91 Å². The molecule has 0 atom stereocenters. The van der Waals surface area contributed by atoms with Crippen molar-refractivity contribution in [1.29, 1.82) is 0 Å².